The molecule has 0 bridgehead atoms. The number of hydrazine groups is 1. The van der Waals surface area contributed by atoms with Crippen molar-refractivity contribution >= 4 is 11.6 Å². The quantitative estimate of drug-likeness (QED) is 0.658. The third-order valence-corrected chi connectivity index (χ3v) is 3.52. The summed E-state index contributed by atoms with van der Waals surface area (Å²) in [7, 11) is 3.13. The summed E-state index contributed by atoms with van der Waals surface area (Å²) in [6.07, 6.45) is 0. The molecule has 0 aliphatic heterocycles. The van der Waals surface area contributed by atoms with Crippen molar-refractivity contribution in [3.8, 4) is 11.5 Å². The summed E-state index contributed by atoms with van der Waals surface area (Å²) in [6, 6.07) is 9.05. The minimum atomic E-state index is -0.455. The van der Waals surface area contributed by atoms with E-state index in [1.54, 1.807) is 38.5 Å². The van der Waals surface area contributed by atoms with Gasteiger partial charge in [-0.1, -0.05) is 17.7 Å². The summed E-state index contributed by atoms with van der Waals surface area (Å²) in [5, 5.41) is 0.280. The van der Waals surface area contributed by atoms with Crippen LogP contribution in [0.4, 0.5) is 4.39 Å². The molecule has 3 N–H and O–H groups in total. The van der Waals surface area contributed by atoms with Crippen molar-refractivity contribution in [2.24, 2.45) is 5.84 Å². The van der Waals surface area contributed by atoms with Crippen molar-refractivity contribution in [2.45, 2.75) is 6.04 Å². The van der Waals surface area contributed by atoms with Crippen LogP contribution in [-0.2, 0) is 0 Å². The molecule has 0 amide bonds. The standard InChI is InChI=1S/C15H16ClFN2O2/c1-20-10-4-6-14(21-2)12(8-10)15(19-18)11-5-3-9(17)7-13(11)16/h3-8,15,19H,18H2,1-2H3. The van der Waals surface area contributed by atoms with Crippen LogP contribution in [0, 0.1) is 5.82 Å². The van der Waals surface area contributed by atoms with Gasteiger partial charge in [-0.25, -0.2) is 9.82 Å². The van der Waals surface area contributed by atoms with Crippen LogP contribution in [-0.4, -0.2) is 14.2 Å². The first-order chi connectivity index (χ1) is 10.1. The number of methoxy groups -OCH3 is 2. The monoisotopic (exact) mass is 310 g/mol. The van der Waals surface area contributed by atoms with E-state index >= 15 is 0 Å². The SMILES string of the molecule is COc1ccc(OC)c(C(NN)c2ccc(F)cc2Cl)c1. The molecule has 0 aliphatic rings. The predicted molar refractivity (Wildman–Crippen MR) is 80.1 cm³/mol. The molecular weight excluding hydrogens is 295 g/mol. The third kappa shape index (κ3) is 3.26. The van der Waals surface area contributed by atoms with E-state index in [-0.39, 0.29) is 5.02 Å². The van der Waals surface area contributed by atoms with Gasteiger partial charge in [0.15, 0.2) is 0 Å². The van der Waals surface area contributed by atoms with Crippen LogP contribution in [0.25, 0.3) is 0 Å². The molecule has 0 aliphatic carbocycles. The minimum Gasteiger partial charge on any atom is -0.497 e. The highest BCUT2D eigenvalue weighted by Crippen LogP contribution is 2.35. The van der Waals surface area contributed by atoms with E-state index in [2.05, 4.69) is 5.43 Å². The summed E-state index contributed by atoms with van der Waals surface area (Å²) in [4.78, 5) is 0. The second kappa shape index (κ2) is 6.76. The highest BCUT2D eigenvalue weighted by atomic mass is 35.5. The molecule has 2 aromatic rings. The Kier molecular flexibility index (Phi) is 5.01. The zero-order chi connectivity index (χ0) is 15.4. The highest BCUT2D eigenvalue weighted by molar-refractivity contribution is 6.31. The van der Waals surface area contributed by atoms with Crippen LogP contribution < -0.4 is 20.7 Å². The van der Waals surface area contributed by atoms with Gasteiger partial charge >= 0.3 is 0 Å². The molecule has 2 aromatic carbocycles. The smallest absolute Gasteiger partial charge is 0.124 e. The maximum absolute atomic E-state index is 13.2. The molecule has 0 spiro atoms. The van der Waals surface area contributed by atoms with Crippen molar-refractivity contribution in [1.29, 1.82) is 0 Å². The van der Waals surface area contributed by atoms with Crippen LogP contribution in [0.1, 0.15) is 17.2 Å². The molecule has 0 aromatic heterocycles. The first kappa shape index (κ1) is 15.6. The van der Waals surface area contributed by atoms with Crippen LogP contribution in [0.5, 0.6) is 11.5 Å². The number of hydrogen-bond donors (Lipinski definition) is 2. The number of nitrogens with two attached hydrogens (primary N) is 1. The number of benzene rings is 2. The normalized spacial score (nSPS) is 12.0. The van der Waals surface area contributed by atoms with Crippen LogP contribution in [0.3, 0.4) is 0 Å². The Morgan fingerprint density at radius 3 is 2.43 bits per heavy atom. The van der Waals surface area contributed by atoms with Crippen molar-refractivity contribution in [2.75, 3.05) is 14.2 Å². The van der Waals surface area contributed by atoms with Gasteiger partial charge in [-0.15, -0.1) is 0 Å². The molecule has 0 saturated heterocycles. The molecule has 0 heterocycles. The Morgan fingerprint density at radius 1 is 1.10 bits per heavy atom. The van der Waals surface area contributed by atoms with Gasteiger partial charge < -0.3 is 9.47 Å². The minimum absolute atomic E-state index is 0.280. The fourth-order valence-electron chi connectivity index (χ4n) is 2.15. The second-order valence-corrected chi connectivity index (χ2v) is 4.78. The van der Waals surface area contributed by atoms with E-state index in [9.17, 15) is 4.39 Å². The average molecular weight is 311 g/mol. The number of nitrogens with one attached hydrogen (secondary N) is 1. The molecule has 0 saturated carbocycles. The van der Waals surface area contributed by atoms with Crippen molar-refractivity contribution < 1.29 is 13.9 Å². The van der Waals surface area contributed by atoms with Gasteiger partial charge in [0, 0.05) is 10.6 Å². The van der Waals surface area contributed by atoms with E-state index in [1.165, 1.54) is 12.1 Å². The lowest BCUT2D eigenvalue weighted by molar-refractivity contribution is 0.394. The zero-order valence-electron chi connectivity index (χ0n) is 11.7. The van der Waals surface area contributed by atoms with E-state index in [0.29, 0.717) is 17.1 Å². The lowest BCUT2D eigenvalue weighted by atomic mass is 9.98. The summed E-state index contributed by atoms with van der Waals surface area (Å²) in [5.41, 5.74) is 4.07. The predicted octanol–water partition coefficient (Wildman–Crippen LogP) is 3.05. The van der Waals surface area contributed by atoms with Crippen LogP contribution >= 0.6 is 11.6 Å². The fourth-order valence-corrected chi connectivity index (χ4v) is 2.42. The van der Waals surface area contributed by atoms with E-state index < -0.39 is 11.9 Å². The number of hydrogen-bond acceptors (Lipinski definition) is 4. The van der Waals surface area contributed by atoms with Gasteiger partial charge in [-0.3, -0.25) is 5.84 Å². The lowest BCUT2D eigenvalue weighted by Gasteiger charge is -2.21. The second-order valence-electron chi connectivity index (χ2n) is 4.37. The maximum atomic E-state index is 13.2. The Hall–Kier alpha value is -1.82. The molecule has 6 heteroatoms. The number of ether oxygens (including phenoxy) is 2. The van der Waals surface area contributed by atoms with Gasteiger partial charge in [-0.05, 0) is 35.9 Å². The molecule has 1 unspecified atom stereocenters. The Balaban J connectivity index is 2.54. The summed E-state index contributed by atoms with van der Waals surface area (Å²) in [6.45, 7) is 0. The fraction of sp³-hybridized carbons (Fsp3) is 0.200. The molecule has 0 fully saturated rings. The Morgan fingerprint density at radius 2 is 1.86 bits per heavy atom. The summed E-state index contributed by atoms with van der Waals surface area (Å²) in [5.74, 6) is 6.54. The zero-order valence-corrected chi connectivity index (χ0v) is 12.4. The van der Waals surface area contributed by atoms with Gasteiger partial charge in [-0.2, -0.15) is 0 Å². The van der Waals surface area contributed by atoms with Gasteiger partial charge in [0.1, 0.15) is 17.3 Å². The van der Waals surface area contributed by atoms with E-state index in [1.807, 2.05) is 0 Å². The van der Waals surface area contributed by atoms with E-state index in [0.717, 1.165) is 5.56 Å². The average Bonchev–Trinajstić information content (AvgIpc) is 2.49. The van der Waals surface area contributed by atoms with Gasteiger partial charge in [0.2, 0.25) is 0 Å². The van der Waals surface area contributed by atoms with E-state index in [4.69, 9.17) is 26.9 Å². The first-order valence-corrected chi connectivity index (χ1v) is 6.61. The van der Waals surface area contributed by atoms with Crippen molar-refractivity contribution in [3.05, 3.63) is 58.4 Å². The molecule has 21 heavy (non-hydrogen) atoms. The Labute approximate surface area is 127 Å². The summed E-state index contributed by atoms with van der Waals surface area (Å²) < 4.78 is 23.8. The van der Waals surface area contributed by atoms with Crippen molar-refractivity contribution in [1.82, 2.24) is 5.43 Å². The Bertz CT molecular complexity index is 637. The maximum Gasteiger partial charge on any atom is 0.124 e. The summed E-state index contributed by atoms with van der Waals surface area (Å²) >= 11 is 6.11. The lowest BCUT2D eigenvalue weighted by Crippen LogP contribution is -2.29. The molecule has 112 valence electrons. The molecule has 4 nitrogen and oxygen atoms in total. The number of rotatable bonds is 5. The van der Waals surface area contributed by atoms with Crippen LogP contribution in [0.15, 0.2) is 36.4 Å². The topological polar surface area (TPSA) is 56.5 Å². The highest BCUT2D eigenvalue weighted by Gasteiger charge is 2.20. The molecule has 2 rings (SSSR count). The van der Waals surface area contributed by atoms with Gasteiger partial charge in [0.25, 0.3) is 0 Å². The molecular formula is C15H16ClFN2O2. The number of halogens is 2. The van der Waals surface area contributed by atoms with Crippen LogP contribution in [0.2, 0.25) is 5.02 Å². The largest absolute Gasteiger partial charge is 0.497 e. The molecule has 1 atom stereocenters. The van der Waals surface area contributed by atoms with Crippen molar-refractivity contribution in [3.63, 3.8) is 0 Å². The molecule has 0 radical (unpaired) electrons. The third-order valence-electron chi connectivity index (χ3n) is 3.19. The van der Waals surface area contributed by atoms with Gasteiger partial charge in [0.05, 0.1) is 20.3 Å². The first-order valence-electron chi connectivity index (χ1n) is 6.23.